The lowest BCUT2D eigenvalue weighted by atomic mass is 10.1. The van der Waals surface area contributed by atoms with Gasteiger partial charge in [-0.1, -0.05) is 30.3 Å². The number of carbonyl (C=O) groups excluding carboxylic acids is 1. The van der Waals surface area contributed by atoms with Crippen LogP contribution < -0.4 is 10.6 Å². The van der Waals surface area contributed by atoms with Crippen molar-refractivity contribution in [3.63, 3.8) is 0 Å². The summed E-state index contributed by atoms with van der Waals surface area (Å²) >= 11 is 0. The molecule has 0 saturated heterocycles. The van der Waals surface area contributed by atoms with Crippen LogP contribution in [-0.4, -0.2) is 11.0 Å². The molecule has 3 rings (SSSR count). The van der Waals surface area contributed by atoms with Crippen LogP contribution in [0.1, 0.15) is 22.3 Å². The second-order valence-electron chi connectivity index (χ2n) is 5.33. The lowest BCUT2D eigenvalue weighted by Gasteiger charge is -2.07. The molecule has 0 atom stereocenters. The van der Waals surface area contributed by atoms with Crippen LogP contribution in [0.15, 0.2) is 42.5 Å². The first-order valence-electron chi connectivity index (χ1n) is 7.07. The molecule has 2 aromatic carbocycles. The highest BCUT2D eigenvalue weighted by Crippen LogP contribution is 2.17. The molecule has 0 spiro atoms. The standard InChI is InChI=1S/C17H18N2O2/c20-16-5-2-12(3-6-16)8-17(21)19-9-13-1-4-14-10-18-11-15(14)7-13/h1-7,18,20H,8-11H2,(H,19,21). The molecule has 0 aliphatic carbocycles. The molecule has 108 valence electrons. The number of aromatic hydroxyl groups is 1. The number of phenolic OH excluding ortho intramolecular Hbond substituents is 1. The summed E-state index contributed by atoms with van der Waals surface area (Å²) in [5.74, 6) is 0.199. The van der Waals surface area contributed by atoms with Crippen LogP contribution >= 0.6 is 0 Å². The number of hydrogen-bond donors (Lipinski definition) is 3. The fourth-order valence-corrected chi connectivity index (χ4v) is 2.52. The van der Waals surface area contributed by atoms with Gasteiger partial charge in [-0.05, 0) is 34.4 Å². The normalized spacial score (nSPS) is 13.0. The molecule has 1 heterocycles. The van der Waals surface area contributed by atoms with Gasteiger partial charge in [-0.25, -0.2) is 0 Å². The summed E-state index contributed by atoms with van der Waals surface area (Å²) in [6, 6.07) is 13.0. The van der Waals surface area contributed by atoms with Gasteiger partial charge in [0.05, 0.1) is 6.42 Å². The third kappa shape index (κ3) is 3.41. The van der Waals surface area contributed by atoms with Gasteiger partial charge >= 0.3 is 0 Å². The van der Waals surface area contributed by atoms with Crippen molar-refractivity contribution >= 4 is 5.91 Å². The van der Waals surface area contributed by atoms with Gasteiger partial charge in [0.1, 0.15) is 5.75 Å². The maximum Gasteiger partial charge on any atom is 0.224 e. The van der Waals surface area contributed by atoms with E-state index in [1.807, 2.05) is 0 Å². The molecule has 21 heavy (non-hydrogen) atoms. The highest BCUT2D eigenvalue weighted by atomic mass is 16.3. The first-order valence-corrected chi connectivity index (χ1v) is 7.07. The highest BCUT2D eigenvalue weighted by molar-refractivity contribution is 5.78. The molecular formula is C17H18N2O2. The van der Waals surface area contributed by atoms with Gasteiger partial charge in [0.15, 0.2) is 0 Å². The second kappa shape index (κ2) is 5.97. The van der Waals surface area contributed by atoms with E-state index in [0.29, 0.717) is 13.0 Å². The predicted molar refractivity (Wildman–Crippen MR) is 80.6 cm³/mol. The highest BCUT2D eigenvalue weighted by Gasteiger charge is 2.10. The fraction of sp³-hybridized carbons (Fsp3) is 0.235. The first kappa shape index (κ1) is 13.6. The van der Waals surface area contributed by atoms with Crippen LogP contribution in [0.2, 0.25) is 0 Å². The number of nitrogens with one attached hydrogen (secondary N) is 2. The molecule has 4 heteroatoms. The summed E-state index contributed by atoms with van der Waals surface area (Å²) in [6.45, 7) is 2.39. The van der Waals surface area contributed by atoms with E-state index < -0.39 is 0 Å². The number of rotatable bonds is 4. The van der Waals surface area contributed by atoms with Crippen molar-refractivity contribution < 1.29 is 9.90 Å². The van der Waals surface area contributed by atoms with Crippen LogP contribution in [0.3, 0.4) is 0 Å². The summed E-state index contributed by atoms with van der Waals surface area (Å²) in [4.78, 5) is 11.9. The van der Waals surface area contributed by atoms with Gasteiger partial charge in [-0.2, -0.15) is 0 Å². The largest absolute Gasteiger partial charge is 0.508 e. The first-order chi connectivity index (χ1) is 10.2. The van der Waals surface area contributed by atoms with E-state index in [1.54, 1.807) is 24.3 Å². The Morgan fingerprint density at radius 1 is 1.05 bits per heavy atom. The summed E-state index contributed by atoms with van der Waals surface area (Å²) in [6.07, 6.45) is 0.326. The van der Waals surface area contributed by atoms with Gasteiger partial charge in [0.25, 0.3) is 0 Å². The van der Waals surface area contributed by atoms with Gasteiger partial charge in [0.2, 0.25) is 5.91 Å². The van der Waals surface area contributed by atoms with Gasteiger partial charge < -0.3 is 15.7 Å². The summed E-state index contributed by atoms with van der Waals surface area (Å²) < 4.78 is 0. The molecule has 2 aromatic rings. The molecule has 0 fully saturated rings. The number of fused-ring (bicyclic) bond motifs is 1. The Balaban J connectivity index is 1.55. The number of hydrogen-bond acceptors (Lipinski definition) is 3. The summed E-state index contributed by atoms with van der Waals surface area (Å²) in [5.41, 5.74) is 4.68. The van der Waals surface area contributed by atoms with E-state index in [-0.39, 0.29) is 11.7 Å². The lowest BCUT2D eigenvalue weighted by Crippen LogP contribution is -2.24. The Bertz CT molecular complexity index is 650. The summed E-state index contributed by atoms with van der Waals surface area (Å²) in [5, 5.41) is 15.5. The smallest absolute Gasteiger partial charge is 0.224 e. The van der Waals surface area contributed by atoms with E-state index in [0.717, 1.165) is 24.2 Å². The van der Waals surface area contributed by atoms with Crippen LogP contribution in [0, 0.1) is 0 Å². The second-order valence-corrected chi connectivity index (χ2v) is 5.33. The molecule has 1 aliphatic rings. The van der Waals surface area contributed by atoms with E-state index in [1.165, 1.54) is 11.1 Å². The van der Waals surface area contributed by atoms with E-state index in [2.05, 4.69) is 28.8 Å². The van der Waals surface area contributed by atoms with Gasteiger partial charge in [0, 0.05) is 19.6 Å². The third-order valence-electron chi connectivity index (χ3n) is 3.69. The SMILES string of the molecule is O=C(Cc1ccc(O)cc1)NCc1ccc2c(c1)CNC2. The van der Waals surface area contributed by atoms with Crippen molar-refractivity contribution in [2.45, 2.75) is 26.1 Å². The molecule has 0 bridgehead atoms. The Morgan fingerprint density at radius 3 is 2.57 bits per heavy atom. The van der Waals surface area contributed by atoms with Crippen LogP contribution in [-0.2, 0) is 30.8 Å². The molecule has 0 aromatic heterocycles. The van der Waals surface area contributed by atoms with E-state index in [9.17, 15) is 9.90 Å². The van der Waals surface area contributed by atoms with Crippen molar-refractivity contribution in [2.24, 2.45) is 0 Å². The van der Waals surface area contributed by atoms with E-state index >= 15 is 0 Å². The molecular weight excluding hydrogens is 264 g/mol. The molecule has 0 saturated carbocycles. The molecule has 4 nitrogen and oxygen atoms in total. The van der Waals surface area contributed by atoms with Crippen LogP contribution in [0.25, 0.3) is 0 Å². The zero-order valence-electron chi connectivity index (χ0n) is 11.7. The third-order valence-corrected chi connectivity index (χ3v) is 3.69. The molecule has 1 aliphatic heterocycles. The fourth-order valence-electron chi connectivity index (χ4n) is 2.52. The van der Waals surface area contributed by atoms with Crippen LogP contribution in [0.4, 0.5) is 0 Å². The monoisotopic (exact) mass is 282 g/mol. The average molecular weight is 282 g/mol. The van der Waals surface area contributed by atoms with Crippen molar-refractivity contribution in [1.29, 1.82) is 0 Å². The average Bonchev–Trinajstić information content (AvgIpc) is 2.95. The molecule has 0 radical (unpaired) electrons. The molecule has 0 unspecified atom stereocenters. The topological polar surface area (TPSA) is 61.4 Å². The maximum atomic E-state index is 11.9. The minimum absolute atomic E-state index is 0.0145. The van der Waals surface area contributed by atoms with Gasteiger partial charge in [-0.15, -0.1) is 0 Å². The molecule has 3 N–H and O–H groups in total. The zero-order valence-corrected chi connectivity index (χ0v) is 11.7. The Labute approximate surface area is 123 Å². The van der Waals surface area contributed by atoms with Crippen molar-refractivity contribution in [3.8, 4) is 5.75 Å². The van der Waals surface area contributed by atoms with Crippen LogP contribution in [0.5, 0.6) is 5.75 Å². The number of phenols is 1. The van der Waals surface area contributed by atoms with Crippen molar-refractivity contribution in [1.82, 2.24) is 10.6 Å². The summed E-state index contributed by atoms with van der Waals surface area (Å²) in [7, 11) is 0. The van der Waals surface area contributed by atoms with Gasteiger partial charge in [-0.3, -0.25) is 4.79 Å². The Morgan fingerprint density at radius 2 is 1.76 bits per heavy atom. The Kier molecular flexibility index (Phi) is 3.88. The zero-order chi connectivity index (χ0) is 14.7. The van der Waals surface area contributed by atoms with E-state index in [4.69, 9.17) is 0 Å². The van der Waals surface area contributed by atoms with Crippen molar-refractivity contribution in [2.75, 3.05) is 0 Å². The maximum absolute atomic E-state index is 11.9. The molecule has 1 amide bonds. The number of amides is 1. The lowest BCUT2D eigenvalue weighted by molar-refractivity contribution is -0.120. The Hall–Kier alpha value is -2.33. The number of benzene rings is 2. The quantitative estimate of drug-likeness (QED) is 0.802. The number of carbonyl (C=O) groups is 1. The predicted octanol–water partition coefficient (Wildman–Crippen LogP) is 1.85. The van der Waals surface area contributed by atoms with Crippen molar-refractivity contribution in [3.05, 3.63) is 64.7 Å². The minimum atomic E-state index is -0.0145. The minimum Gasteiger partial charge on any atom is -0.508 e.